The summed E-state index contributed by atoms with van der Waals surface area (Å²) in [5.41, 5.74) is 2.12. The van der Waals surface area contributed by atoms with E-state index in [1.165, 1.54) is 6.33 Å². The topological polar surface area (TPSA) is 70.7 Å². The number of nitrogens with one attached hydrogen (secondary N) is 2. The van der Waals surface area contributed by atoms with E-state index in [1.54, 1.807) is 18.6 Å². The first-order valence-electron chi connectivity index (χ1n) is 5.47. The van der Waals surface area contributed by atoms with Gasteiger partial charge in [-0.2, -0.15) is 0 Å². The van der Waals surface area contributed by atoms with E-state index in [2.05, 4.69) is 20.3 Å². The fourth-order valence-electron chi connectivity index (χ4n) is 1.82. The Kier molecular flexibility index (Phi) is 2.49. The molecule has 2 heterocycles. The minimum absolute atomic E-state index is 0.178. The lowest BCUT2D eigenvalue weighted by Crippen LogP contribution is -2.11. The van der Waals surface area contributed by atoms with E-state index in [0.29, 0.717) is 11.3 Å². The van der Waals surface area contributed by atoms with Gasteiger partial charge >= 0.3 is 0 Å². The van der Waals surface area contributed by atoms with Crippen LogP contribution in [0.3, 0.4) is 0 Å². The lowest BCUT2D eigenvalue weighted by atomic mass is 10.1. The average molecular weight is 238 g/mol. The molecule has 0 saturated heterocycles. The molecule has 1 aromatic carbocycles. The number of rotatable bonds is 2. The quantitative estimate of drug-likeness (QED) is 0.719. The van der Waals surface area contributed by atoms with E-state index < -0.39 is 0 Å². The molecular weight excluding hydrogens is 228 g/mol. The zero-order valence-corrected chi connectivity index (χ0v) is 9.42. The van der Waals surface area contributed by atoms with Crippen LogP contribution in [0.4, 0.5) is 5.69 Å². The summed E-state index contributed by atoms with van der Waals surface area (Å²) in [6, 6.07) is 7.66. The fourth-order valence-corrected chi connectivity index (χ4v) is 1.82. The summed E-state index contributed by atoms with van der Waals surface area (Å²) in [4.78, 5) is 22.9. The molecule has 0 unspecified atom stereocenters. The van der Waals surface area contributed by atoms with E-state index in [0.717, 1.165) is 10.9 Å². The van der Waals surface area contributed by atoms with Crippen LogP contribution in [0.1, 0.15) is 10.4 Å². The van der Waals surface area contributed by atoms with E-state index in [-0.39, 0.29) is 5.91 Å². The van der Waals surface area contributed by atoms with Gasteiger partial charge in [-0.1, -0.05) is 18.2 Å². The lowest BCUT2D eigenvalue weighted by molar-refractivity contribution is 0.102. The third-order valence-corrected chi connectivity index (χ3v) is 2.65. The van der Waals surface area contributed by atoms with Crippen LogP contribution in [0.15, 0.2) is 49.2 Å². The summed E-state index contributed by atoms with van der Waals surface area (Å²) >= 11 is 0. The Morgan fingerprint density at radius 2 is 1.94 bits per heavy atom. The van der Waals surface area contributed by atoms with Gasteiger partial charge in [-0.25, -0.2) is 9.97 Å². The molecule has 0 bridgehead atoms. The molecule has 0 aliphatic rings. The molecule has 3 rings (SSSR count). The SMILES string of the molecule is O=C(Nc1cncnc1)c1c[nH]c2ccccc12. The zero-order chi connectivity index (χ0) is 12.4. The van der Waals surface area contributed by atoms with Crippen molar-refractivity contribution in [1.29, 1.82) is 0 Å². The highest BCUT2D eigenvalue weighted by Gasteiger charge is 2.11. The number of aromatic amines is 1. The van der Waals surface area contributed by atoms with Crippen molar-refractivity contribution in [3.8, 4) is 0 Å². The molecule has 0 aliphatic carbocycles. The van der Waals surface area contributed by atoms with Crippen molar-refractivity contribution in [2.75, 3.05) is 5.32 Å². The van der Waals surface area contributed by atoms with Crippen LogP contribution in [0.25, 0.3) is 10.9 Å². The third-order valence-electron chi connectivity index (χ3n) is 2.65. The van der Waals surface area contributed by atoms with Crippen LogP contribution in [0, 0.1) is 0 Å². The Morgan fingerprint density at radius 1 is 1.17 bits per heavy atom. The Morgan fingerprint density at radius 3 is 2.78 bits per heavy atom. The predicted octanol–water partition coefficient (Wildman–Crippen LogP) is 2.21. The Balaban J connectivity index is 1.93. The van der Waals surface area contributed by atoms with Crippen LogP contribution in [-0.2, 0) is 0 Å². The molecule has 2 N–H and O–H groups in total. The van der Waals surface area contributed by atoms with Crippen molar-refractivity contribution in [1.82, 2.24) is 15.0 Å². The molecule has 0 spiro atoms. The summed E-state index contributed by atoms with van der Waals surface area (Å²) in [5, 5.41) is 3.65. The van der Waals surface area contributed by atoms with Gasteiger partial charge in [-0.15, -0.1) is 0 Å². The number of carbonyl (C=O) groups is 1. The van der Waals surface area contributed by atoms with Gasteiger partial charge in [0.2, 0.25) is 0 Å². The van der Waals surface area contributed by atoms with Crippen molar-refractivity contribution in [3.05, 3.63) is 54.7 Å². The Labute approximate surface area is 103 Å². The molecular formula is C13H10N4O. The summed E-state index contributed by atoms with van der Waals surface area (Å²) in [5.74, 6) is -0.178. The molecule has 2 aromatic heterocycles. The molecule has 0 radical (unpaired) electrons. The Bertz CT molecular complexity index is 690. The van der Waals surface area contributed by atoms with Gasteiger partial charge < -0.3 is 10.3 Å². The Hall–Kier alpha value is -2.69. The minimum Gasteiger partial charge on any atom is -0.360 e. The zero-order valence-electron chi connectivity index (χ0n) is 9.42. The molecule has 0 aliphatic heterocycles. The summed E-state index contributed by atoms with van der Waals surface area (Å²) < 4.78 is 0. The van der Waals surface area contributed by atoms with Crippen LogP contribution in [0.2, 0.25) is 0 Å². The van der Waals surface area contributed by atoms with Gasteiger partial charge in [0, 0.05) is 17.1 Å². The van der Waals surface area contributed by atoms with Gasteiger partial charge in [0.15, 0.2) is 0 Å². The van der Waals surface area contributed by atoms with Crippen LogP contribution >= 0.6 is 0 Å². The smallest absolute Gasteiger partial charge is 0.257 e. The maximum atomic E-state index is 12.1. The average Bonchev–Trinajstić information content (AvgIpc) is 2.84. The first kappa shape index (κ1) is 10.5. The van der Waals surface area contributed by atoms with Gasteiger partial charge in [0.25, 0.3) is 5.91 Å². The second-order valence-electron chi connectivity index (χ2n) is 3.83. The molecule has 18 heavy (non-hydrogen) atoms. The number of aromatic nitrogens is 3. The van der Waals surface area contributed by atoms with Crippen molar-refractivity contribution in [2.24, 2.45) is 0 Å². The molecule has 5 nitrogen and oxygen atoms in total. The van der Waals surface area contributed by atoms with Gasteiger partial charge in [-0.05, 0) is 6.07 Å². The number of nitrogens with zero attached hydrogens (tertiary/aromatic N) is 2. The maximum absolute atomic E-state index is 12.1. The number of carbonyl (C=O) groups excluding carboxylic acids is 1. The van der Waals surface area contributed by atoms with Gasteiger partial charge in [0.05, 0.1) is 23.6 Å². The van der Waals surface area contributed by atoms with Crippen molar-refractivity contribution in [3.63, 3.8) is 0 Å². The second-order valence-corrected chi connectivity index (χ2v) is 3.83. The van der Waals surface area contributed by atoms with Crippen molar-refractivity contribution in [2.45, 2.75) is 0 Å². The van der Waals surface area contributed by atoms with Crippen LogP contribution in [0.5, 0.6) is 0 Å². The van der Waals surface area contributed by atoms with E-state index >= 15 is 0 Å². The summed E-state index contributed by atoms with van der Waals surface area (Å²) in [7, 11) is 0. The number of fused-ring (bicyclic) bond motifs is 1. The first-order chi connectivity index (χ1) is 8.84. The van der Waals surface area contributed by atoms with Gasteiger partial charge in [-0.3, -0.25) is 4.79 Å². The third kappa shape index (κ3) is 1.82. The monoisotopic (exact) mass is 238 g/mol. The highest BCUT2D eigenvalue weighted by atomic mass is 16.1. The van der Waals surface area contributed by atoms with Gasteiger partial charge in [0.1, 0.15) is 6.33 Å². The van der Waals surface area contributed by atoms with Crippen LogP contribution < -0.4 is 5.32 Å². The highest BCUT2D eigenvalue weighted by Crippen LogP contribution is 2.18. The highest BCUT2D eigenvalue weighted by molar-refractivity contribution is 6.12. The molecule has 5 heteroatoms. The number of amides is 1. The number of H-pyrrole nitrogens is 1. The number of para-hydroxylation sites is 1. The van der Waals surface area contributed by atoms with Crippen LogP contribution in [-0.4, -0.2) is 20.9 Å². The number of hydrogen-bond acceptors (Lipinski definition) is 3. The molecule has 0 fully saturated rings. The molecule has 0 saturated carbocycles. The normalized spacial score (nSPS) is 10.4. The van der Waals surface area contributed by atoms with E-state index in [4.69, 9.17) is 0 Å². The standard InChI is InChI=1S/C13H10N4O/c18-13(17-9-5-14-8-15-6-9)11-7-16-12-4-2-1-3-10(11)12/h1-8,16H,(H,17,18). The number of benzene rings is 1. The summed E-state index contributed by atoms with van der Waals surface area (Å²) in [6.07, 6.45) is 6.23. The van der Waals surface area contributed by atoms with E-state index in [9.17, 15) is 4.79 Å². The molecule has 1 amide bonds. The predicted molar refractivity (Wildman–Crippen MR) is 68.3 cm³/mol. The molecule has 3 aromatic rings. The summed E-state index contributed by atoms with van der Waals surface area (Å²) in [6.45, 7) is 0. The van der Waals surface area contributed by atoms with Crippen molar-refractivity contribution < 1.29 is 4.79 Å². The number of anilines is 1. The number of hydrogen-bond donors (Lipinski definition) is 2. The lowest BCUT2D eigenvalue weighted by Gasteiger charge is -2.02. The molecule has 88 valence electrons. The minimum atomic E-state index is -0.178. The first-order valence-corrected chi connectivity index (χ1v) is 5.47. The maximum Gasteiger partial charge on any atom is 0.257 e. The molecule has 0 atom stereocenters. The fraction of sp³-hybridized carbons (Fsp3) is 0. The largest absolute Gasteiger partial charge is 0.360 e. The van der Waals surface area contributed by atoms with E-state index in [1.807, 2.05) is 24.3 Å². The van der Waals surface area contributed by atoms with Crippen molar-refractivity contribution >= 4 is 22.5 Å². The second kappa shape index (κ2) is 4.29.